The van der Waals surface area contributed by atoms with E-state index in [1.807, 2.05) is 22.9 Å². The van der Waals surface area contributed by atoms with Gasteiger partial charge in [0.1, 0.15) is 5.69 Å². The Morgan fingerprint density at radius 2 is 2.00 bits per heavy atom. The Kier molecular flexibility index (Phi) is 4.17. The molecule has 0 bridgehead atoms. The van der Waals surface area contributed by atoms with Crippen LogP contribution < -0.4 is 11.1 Å². The van der Waals surface area contributed by atoms with Crippen LogP contribution in [0.3, 0.4) is 0 Å². The summed E-state index contributed by atoms with van der Waals surface area (Å²) in [6.45, 7) is 9.69. The van der Waals surface area contributed by atoms with Gasteiger partial charge in [-0.05, 0) is 12.1 Å². The third-order valence-electron chi connectivity index (χ3n) is 4.97. The van der Waals surface area contributed by atoms with Gasteiger partial charge in [0.15, 0.2) is 0 Å². The van der Waals surface area contributed by atoms with Crippen molar-refractivity contribution in [1.29, 1.82) is 0 Å². The van der Waals surface area contributed by atoms with E-state index in [4.69, 9.17) is 10.5 Å². The maximum Gasteiger partial charge on any atom is 0.268 e. The van der Waals surface area contributed by atoms with Gasteiger partial charge in [-0.2, -0.15) is 0 Å². The molecule has 0 atom stereocenters. The highest BCUT2D eigenvalue weighted by atomic mass is 16.5. The summed E-state index contributed by atoms with van der Waals surface area (Å²) in [5.41, 5.74) is 6.72. The Morgan fingerprint density at radius 1 is 1.38 bits per heavy atom. The SMILES string of the molecule is COCCn1cccc1C(=O)NC1C(C)(C)C(N)C1(C)C. The number of nitrogens with one attached hydrogen (secondary N) is 1. The lowest BCUT2D eigenvalue weighted by molar-refractivity contribution is -0.0664. The van der Waals surface area contributed by atoms with Crippen LogP contribution >= 0.6 is 0 Å². The molecule has 1 aromatic heterocycles. The first kappa shape index (κ1) is 16.0. The Morgan fingerprint density at radius 3 is 2.57 bits per heavy atom. The molecule has 1 aliphatic carbocycles. The molecule has 1 fully saturated rings. The third kappa shape index (κ3) is 2.60. The van der Waals surface area contributed by atoms with Crippen molar-refractivity contribution < 1.29 is 9.53 Å². The molecule has 21 heavy (non-hydrogen) atoms. The summed E-state index contributed by atoms with van der Waals surface area (Å²) in [5, 5.41) is 3.17. The number of hydrogen-bond acceptors (Lipinski definition) is 3. The first-order chi connectivity index (χ1) is 9.72. The number of amides is 1. The number of rotatable bonds is 5. The lowest BCUT2D eigenvalue weighted by Gasteiger charge is -2.62. The zero-order valence-corrected chi connectivity index (χ0v) is 13.6. The number of hydrogen-bond donors (Lipinski definition) is 2. The van der Waals surface area contributed by atoms with Gasteiger partial charge in [0.05, 0.1) is 6.61 Å². The van der Waals surface area contributed by atoms with Crippen LogP contribution in [0.15, 0.2) is 18.3 Å². The third-order valence-corrected chi connectivity index (χ3v) is 4.97. The summed E-state index contributed by atoms with van der Waals surface area (Å²) >= 11 is 0. The predicted octanol–water partition coefficient (Wildman–Crippen LogP) is 1.63. The maximum absolute atomic E-state index is 12.6. The van der Waals surface area contributed by atoms with E-state index in [0.29, 0.717) is 18.8 Å². The molecule has 118 valence electrons. The molecule has 1 aliphatic rings. The molecule has 1 aromatic rings. The fourth-order valence-electron chi connectivity index (χ4n) is 3.76. The number of ether oxygens (including phenoxy) is 1. The highest BCUT2D eigenvalue weighted by Crippen LogP contribution is 2.52. The summed E-state index contributed by atoms with van der Waals surface area (Å²) in [7, 11) is 1.66. The van der Waals surface area contributed by atoms with Gasteiger partial charge in [-0.15, -0.1) is 0 Å². The number of methoxy groups -OCH3 is 1. The van der Waals surface area contributed by atoms with Crippen molar-refractivity contribution in [2.24, 2.45) is 16.6 Å². The van der Waals surface area contributed by atoms with Crippen LogP contribution in [-0.2, 0) is 11.3 Å². The number of aromatic nitrogens is 1. The normalized spacial score (nSPS) is 26.2. The van der Waals surface area contributed by atoms with E-state index in [-0.39, 0.29) is 28.8 Å². The van der Waals surface area contributed by atoms with Crippen LogP contribution in [0.5, 0.6) is 0 Å². The molecule has 0 aromatic carbocycles. The Hall–Kier alpha value is -1.33. The number of carbonyl (C=O) groups excluding carboxylic acids is 1. The van der Waals surface area contributed by atoms with E-state index in [1.165, 1.54) is 0 Å². The van der Waals surface area contributed by atoms with Crippen molar-refractivity contribution in [3.8, 4) is 0 Å². The van der Waals surface area contributed by atoms with Gasteiger partial charge in [-0.3, -0.25) is 4.79 Å². The molecule has 1 amide bonds. The second kappa shape index (κ2) is 5.46. The van der Waals surface area contributed by atoms with Crippen molar-refractivity contribution in [2.45, 2.75) is 46.3 Å². The van der Waals surface area contributed by atoms with E-state index in [1.54, 1.807) is 7.11 Å². The summed E-state index contributed by atoms with van der Waals surface area (Å²) in [6.07, 6.45) is 1.90. The first-order valence-electron chi connectivity index (χ1n) is 7.43. The molecule has 3 N–H and O–H groups in total. The minimum atomic E-state index is -0.0941. The van der Waals surface area contributed by atoms with Crippen LogP contribution in [0.25, 0.3) is 0 Å². The monoisotopic (exact) mass is 293 g/mol. The van der Waals surface area contributed by atoms with E-state index in [2.05, 4.69) is 33.0 Å². The predicted molar refractivity (Wildman–Crippen MR) is 83.1 cm³/mol. The van der Waals surface area contributed by atoms with Crippen LogP contribution in [0.4, 0.5) is 0 Å². The van der Waals surface area contributed by atoms with E-state index < -0.39 is 0 Å². The molecule has 0 saturated heterocycles. The Balaban J connectivity index is 2.10. The number of nitrogens with zero attached hydrogens (tertiary/aromatic N) is 1. The molecule has 0 spiro atoms. The van der Waals surface area contributed by atoms with Crippen LogP contribution in [-0.4, -0.2) is 36.3 Å². The van der Waals surface area contributed by atoms with Gasteiger partial charge >= 0.3 is 0 Å². The zero-order chi connectivity index (χ0) is 15.8. The van der Waals surface area contributed by atoms with Crippen molar-refractivity contribution in [1.82, 2.24) is 9.88 Å². The second-order valence-corrected chi connectivity index (χ2v) is 7.11. The van der Waals surface area contributed by atoms with Crippen molar-refractivity contribution in [2.75, 3.05) is 13.7 Å². The quantitative estimate of drug-likeness (QED) is 0.867. The molecular weight excluding hydrogens is 266 g/mol. The van der Waals surface area contributed by atoms with E-state index in [9.17, 15) is 4.79 Å². The van der Waals surface area contributed by atoms with Gasteiger partial charge in [0.25, 0.3) is 5.91 Å². The molecule has 2 rings (SSSR count). The largest absolute Gasteiger partial charge is 0.383 e. The van der Waals surface area contributed by atoms with E-state index in [0.717, 1.165) is 0 Å². The minimum Gasteiger partial charge on any atom is -0.383 e. The van der Waals surface area contributed by atoms with Gasteiger partial charge in [-0.25, -0.2) is 0 Å². The summed E-state index contributed by atoms with van der Waals surface area (Å²) in [6, 6.07) is 3.87. The number of nitrogens with two attached hydrogens (primary N) is 1. The number of carbonyl (C=O) groups is 1. The molecule has 1 saturated carbocycles. The van der Waals surface area contributed by atoms with E-state index >= 15 is 0 Å². The Bertz CT molecular complexity index is 503. The summed E-state index contributed by atoms with van der Waals surface area (Å²) < 4.78 is 6.99. The lowest BCUT2D eigenvalue weighted by Crippen LogP contribution is -2.76. The molecule has 5 nitrogen and oxygen atoms in total. The average Bonchev–Trinajstić information content (AvgIpc) is 2.89. The smallest absolute Gasteiger partial charge is 0.268 e. The Labute approximate surface area is 126 Å². The molecule has 0 unspecified atom stereocenters. The van der Waals surface area contributed by atoms with Crippen molar-refractivity contribution in [3.05, 3.63) is 24.0 Å². The fraction of sp³-hybridized carbons (Fsp3) is 0.688. The van der Waals surface area contributed by atoms with Crippen molar-refractivity contribution in [3.63, 3.8) is 0 Å². The molecule has 0 aliphatic heterocycles. The zero-order valence-electron chi connectivity index (χ0n) is 13.6. The first-order valence-corrected chi connectivity index (χ1v) is 7.43. The van der Waals surface area contributed by atoms with Crippen molar-refractivity contribution >= 4 is 5.91 Å². The van der Waals surface area contributed by atoms with Gasteiger partial charge in [0, 0.05) is 42.8 Å². The van der Waals surface area contributed by atoms with Gasteiger partial charge in [-0.1, -0.05) is 27.7 Å². The fourth-order valence-corrected chi connectivity index (χ4v) is 3.76. The summed E-state index contributed by atoms with van der Waals surface area (Å²) in [4.78, 5) is 12.6. The highest BCUT2D eigenvalue weighted by Gasteiger charge is 2.60. The summed E-state index contributed by atoms with van der Waals surface area (Å²) in [5.74, 6) is -0.0471. The highest BCUT2D eigenvalue weighted by molar-refractivity contribution is 5.93. The standard InChI is InChI=1S/C16H27N3O2/c1-15(2)13(17)16(3,4)14(15)18-12(20)11-7-6-8-19(11)9-10-21-5/h6-8,13-14H,9-10,17H2,1-5H3,(H,18,20). The molecule has 0 radical (unpaired) electrons. The maximum atomic E-state index is 12.6. The van der Waals surface area contributed by atoms with Gasteiger partial charge in [0.2, 0.25) is 0 Å². The lowest BCUT2D eigenvalue weighted by atomic mass is 9.48. The molecule has 1 heterocycles. The molecular formula is C16H27N3O2. The second-order valence-electron chi connectivity index (χ2n) is 7.11. The topological polar surface area (TPSA) is 69.3 Å². The van der Waals surface area contributed by atoms with Crippen LogP contribution in [0.2, 0.25) is 0 Å². The van der Waals surface area contributed by atoms with Crippen LogP contribution in [0.1, 0.15) is 38.2 Å². The van der Waals surface area contributed by atoms with Gasteiger partial charge < -0.3 is 20.4 Å². The average molecular weight is 293 g/mol. The minimum absolute atomic E-state index is 0.0471. The van der Waals surface area contributed by atoms with Crippen LogP contribution in [0, 0.1) is 10.8 Å². The molecule has 5 heteroatoms.